The second kappa shape index (κ2) is 6.52. The predicted molar refractivity (Wildman–Crippen MR) is 88.7 cm³/mol. The topological polar surface area (TPSA) is 58.9 Å². The average molecular weight is 321 g/mol. The zero-order valence-electron chi connectivity index (χ0n) is 13.0. The van der Waals surface area contributed by atoms with Gasteiger partial charge in [-0.05, 0) is 31.2 Å². The summed E-state index contributed by atoms with van der Waals surface area (Å²) in [4.78, 5) is 10.7. The van der Waals surface area contributed by atoms with Crippen LogP contribution in [0.2, 0.25) is 5.15 Å². The van der Waals surface area contributed by atoms with Crippen molar-refractivity contribution in [3.8, 4) is 0 Å². The van der Waals surface area contributed by atoms with E-state index in [2.05, 4.69) is 38.4 Å². The molecule has 0 unspecified atom stereocenters. The van der Waals surface area contributed by atoms with Gasteiger partial charge in [-0.1, -0.05) is 11.6 Å². The lowest BCUT2D eigenvalue weighted by Crippen LogP contribution is -2.34. The molecule has 0 aromatic carbocycles. The van der Waals surface area contributed by atoms with Crippen LogP contribution in [0.15, 0.2) is 18.7 Å². The fraction of sp³-hybridized carbons (Fsp3) is 0.533. The van der Waals surface area contributed by atoms with Crippen molar-refractivity contribution in [1.82, 2.24) is 19.7 Å². The van der Waals surface area contributed by atoms with Crippen LogP contribution >= 0.6 is 11.6 Å². The summed E-state index contributed by atoms with van der Waals surface area (Å²) in [5, 5.41) is 7.96. The Morgan fingerprint density at radius 3 is 2.73 bits per heavy atom. The average Bonchev–Trinajstić information content (AvgIpc) is 3.04. The van der Waals surface area contributed by atoms with Crippen molar-refractivity contribution < 1.29 is 0 Å². The molecule has 2 aromatic heterocycles. The largest absolute Gasteiger partial charge is 0.383 e. The second-order valence-corrected chi connectivity index (χ2v) is 5.86. The predicted octanol–water partition coefficient (Wildman–Crippen LogP) is 2.77. The highest BCUT2D eigenvalue weighted by Gasteiger charge is 2.24. The van der Waals surface area contributed by atoms with Crippen molar-refractivity contribution >= 4 is 23.1 Å². The van der Waals surface area contributed by atoms with Gasteiger partial charge < -0.3 is 10.2 Å². The third-order valence-corrected chi connectivity index (χ3v) is 4.56. The van der Waals surface area contributed by atoms with Gasteiger partial charge >= 0.3 is 0 Å². The van der Waals surface area contributed by atoms with Crippen LogP contribution in [0.25, 0.3) is 0 Å². The van der Waals surface area contributed by atoms with E-state index in [1.165, 1.54) is 11.9 Å². The number of aryl methyl sites for hydroxylation is 1. The van der Waals surface area contributed by atoms with Crippen molar-refractivity contribution in [3.63, 3.8) is 0 Å². The Hall–Kier alpha value is -1.82. The van der Waals surface area contributed by atoms with Crippen LogP contribution in [-0.2, 0) is 6.54 Å². The minimum absolute atomic E-state index is 0.471. The molecule has 1 N–H and O–H groups in total. The van der Waals surface area contributed by atoms with Crippen LogP contribution in [0, 0.1) is 0 Å². The summed E-state index contributed by atoms with van der Waals surface area (Å²) in [7, 11) is 1.85. The summed E-state index contributed by atoms with van der Waals surface area (Å²) in [6.07, 6.45) is 7.89. The number of rotatable bonds is 4. The van der Waals surface area contributed by atoms with E-state index in [9.17, 15) is 0 Å². The maximum atomic E-state index is 6.14. The van der Waals surface area contributed by atoms with Crippen LogP contribution in [0.1, 0.15) is 31.2 Å². The van der Waals surface area contributed by atoms with E-state index in [1.54, 1.807) is 0 Å². The van der Waals surface area contributed by atoms with Gasteiger partial charge in [-0.15, -0.1) is 0 Å². The molecule has 22 heavy (non-hydrogen) atoms. The molecule has 118 valence electrons. The molecular formula is C15H21ClN6. The number of halogens is 1. The van der Waals surface area contributed by atoms with Crippen LogP contribution in [0.3, 0.4) is 0 Å². The molecule has 3 heterocycles. The molecule has 1 fully saturated rings. The highest BCUT2D eigenvalue weighted by molar-refractivity contribution is 6.32. The Morgan fingerprint density at radius 2 is 2.09 bits per heavy atom. The molecule has 1 aliphatic heterocycles. The zero-order valence-corrected chi connectivity index (χ0v) is 13.7. The molecule has 3 rings (SSSR count). The fourth-order valence-electron chi connectivity index (χ4n) is 3.00. The van der Waals surface area contributed by atoms with Gasteiger partial charge in [0.2, 0.25) is 0 Å². The van der Waals surface area contributed by atoms with Crippen molar-refractivity contribution in [2.45, 2.75) is 32.2 Å². The first-order valence-corrected chi connectivity index (χ1v) is 8.06. The molecule has 0 spiro atoms. The highest BCUT2D eigenvalue weighted by Crippen LogP contribution is 2.34. The summed E-state index contributed by atoms with van der Waals surface area (Å²) in [5.74, 6) is 1.47. The van der Waals surface area contributed by atoms with Crippen molar-refractivity contribution in [2.75, 3.05) is 30.4 Å². The Labute approximate surface area is 135 Å². The summed E-state index contributed by atoms with van der Waals surface area (Å²) >= 11 is 6.14. The first kappa shape index (κ1) is 15.1. The molecular weight excluding hydrogens is 300 g/mol. The molecule has 1 aliphatic rings. The van der Waals surface area contributed by atoms with E-state index in [0.29, 0.717) is 11.1 Å². The lowest BCUT2D eigenvalue weighted by Gasteiger charge is -2.33. The molecule has 7 heteroatoms. The smallest absolute Gasteiger partial charge is 0.157 e. The molecule has 6 nitrogen and oxygen atoms in total. The Kier molecular flexibility index (Phi) is 4.47. The normalized spacial score (nSPS) is 16.0. The summed E-state index contributed by atoms with van der Waals surface area (Å²) in [6, 6.07) is 0. The van der Waals surface area contributed by atoms with E-state index >= 15 is 0 Å². The Morgan fingerprint density at radius 1 is 1.32 bits per heavy atom. The molecule has 0 aliphatic carbocycles. The Balaban J connectivity index is 1.70. The number of nitrogens with zero attached hydrogens (tertiary/aromatic N) is 5. The maximum Gasteiger partial charge on any atom is 0.157 e. The SMILES string of the molecule is CCn1cc(C2CCN(c3ncnc(Cl)c3NC)CC2)cn1. The second-order valence-electron chi connectivity index (χ2n) is 5.50. The van der Waals surface area contributed by atoms with Crippen molar-refractivity contribution in [1.29, 1.82) is 0 Å². The fourth-order valence-corrected chi connectivity index (χ4v) is 3.22. The van der Waals surface area contributed by atoms with Gasteiger partial charge in [0.15, 0.2) is 11.0 Å². The summed E-state index contributed by atoms with van der Waals surface area (Å²) in [5.41, 5.74) is 2.15. The van der Waals surface area contributed by atoms with Crippen LogP contribution in [0.5, 0.6) is 0 Å². The monoisotopic (exact) mass is 320 g/mol. The standard InChI is InChI=1S/C15H21ClN6/c1-3-22-9-12(8-20-22)11-4-6-21(7-5-11)15-13(17-2)14(16)18-10-19-15/h8-11,17H,3-7H2,1-2H3. The molecule has 0 radical (unpaired) electrons. The molecule has 0 atom stereocenters. The van der Waals surface area contributed by atoms with Gasteiger partial charge in [0.1, 0.15) is 12.0 Å². The molecule has 0 amide bonds. The first-order chi connectivity index (χ1) is 10.7. The zero-order chi connectivity index (χ0) is 15.5. The van der Waals surface area contributed by atoms with E-state index in [-0.39, 0.29) is 0 Å². The number of piperidine rings is 1. The highest BCUT2D eigenvalue weighted by atomic mass is 35.5. The maximum absolute atomic E-state index is 6.14. The van der Waals surface area contributed by atoms with E-state index in [1.807, 2.05) is 17.9 Å². The number of hydrogen-bond acceptors (Lipinski definition) is 5. The summed E-state index contributed by atoms with van der Waals surface area (Å²) < 4.78 is 1.99. The van der Waals surface area contributed by atoms with Crippen LogP contribution in [0.4, 0.5) is 11.5 Å². The van der Waals surface area contributed by atoms with Gasteiger partial charge in [0.25, 0.3) is 0 Å². The third kappa shape index (κ3) is 2.88. The van der Waals surface area contributed by atoms with Crippen LogP contribution < -0.4 is 10.2 Å². The molecule has 2 aromatic rings. The van der Waals surface area contributed by atoms with Gasteiger partial charge in [-0.2, -0.15) is 5.10 Å². The molecule has 0 bridgehead atoms. The summed E-state index contributed by atoms with van der Waals surface area (Å²) in [6.45, 7) is 4.95. The van der Waals surface area contributed by atoms with E-state index in [4.69, 9.17) is 11.6 Å². The van der Waals surface area contributed by atoms with E-state index < -0.39 is 0 Å². The third-order valence-electron chi connectivity index (χ3n) is 4.27. The van der Waals surface area contributed by atoms with E-state index in [0.717, 1.165) is 44.0 Å². The van der Waals surface area contributed by atoms with Crippen LogP contribution in [-0.4, -0.2) is 39.9 Å². The quantitative estimate of drug-likeness (QED) is 0.878. The van der Waals surface area contributed by atoms with Gasteiger partial charge in [-0.25, -0.2) is 9.97 Å². The lowest BCUT2D eigenvalue weighted by molar-refractivity contribution is 0.502. The van der Waals surface area contributed by atoms with Gasteiger partial charge in [0.05, 0.1) is 6.20 Å². The van der Waals surface area contributed by atoms with Crippen molar-refractivity contribution in [3.05, 3.63) is 29.4 Å². The minimum Gasteiger partial charge on any atom is -0.383 e. The number of nitrogens with one attached hydrogen (secondary N) is 1. The Bertz CT molecular complexity index is 633. The number of aromatic nitrogens is 4. The minimum atomic E-state index is 0.471. The number of hydrogen-bond donors (Lipinski definition) is 1. The lowest BCUT2D eigenvalue weighted by atomic mass is 9.91. The van der Waals surface area contributed by atoms with Gasteiger partial charge in [0, 0.05) is 32.9 Å². The molecule has 1 saturated heterocycles. The molecule has 0 saturated carbocycles. The van der Waals surface area contributed by atoms with Crippen molar-refractivity contribution in [2.24, 2.45) is 0 Å². The van der Waals surface area contributed by atoms with Gasteiger partial charge in [-0.3, -0.25) is 4.68 Å². The first-order valence-electron chi connectivity index (χ1n) is 7.68. The number of anilines is 2.